The number of carbonyl (C=O) groups is 1. The Labute approximate surface area is 205 Å². The second kappa shape index (κ2) is 12.2. The van der Waals surface area contributed by atoms with Crippen LogP contribution in [0.5, 0.6) is 0 Å². The molecule has 0 aromatic carbocycles. The summed E-state index contributed by atoms with van der Waals surface area (Å²) < 4.78 is 32.1. The molecule has 3 heterocycles. The zero-order valence-corrected chi connectivity index (χ0v) is 19.5. The van der Waals surface area contributed by atoms with Crippen molar-refractivity contribution in [1.29, 1.82) is 0 Å². The van der Waals surface area contributed by atoms with E-state index in [1.165, 1.54) is 6.92 Å². The lowest BCUT2D eigenvalue weighted by molar-refractivity contribution is -0.385. The minimum absolute atomic E-state index is 0.529. The molecule has 0 saturated carbocycles. The SMILES string of the molecule is CC(=O)OC[C@H]1O[C@@H](O[C@@H]2C(CO)OC(O)[C@H](O)[C@H]2O)[C@H](O[C@@H]2O[C@@H](C)[C@@H](O)[C@@H](O)[C@@H]2O)[C@@H](O)[C@H]1O. The van der Waals surface area contributed by atoms with Gasteiger partial charge in [-0.1, -0.05) is 0 Å². The van der Waals surface area contributed by atoms with E-state index < -0.39 is 111 Å². The first-order valence-corrected chi connectivity index (χ1v) is 11.3. The van der Waals surface area contributed by atoms with Gasteiger partial charge in [-0.3, -0.25) is 4.79 Å². The quantitative estimate of drug-likeness (QED) is 0.139. The van der Waals surface area contributed by atoms with E-state index in [1.54, 1.807) is 0 Å². The third-order valence-electron chi connectivity index (χ3n) is 6.33. The fourth-order valence-electron chi connectivity index (χ4n) is 4.17. The van der Waals surface area contributed by atoms with Crippen LogP contribution in [0.3, 0.4) is 0 Å². The van der Waals surface area contributed by atoms with E-state index in [9.17, 15) is 50.8 Å². The van der Waals surface area contributed by atoms with Crippen molar-refractivity contribution in [3.05, 3.63) is 0 Å². The number of aliphatic hydroxyl groups excluding tert-OH is 9. The van der Waals surface area contributed by atoms with Gasteiger partial charge in [0.05, 0.1) is 12.7 Å². The summed E-state index contributed by atoms with van der Waals surface area (Å²) >= 11 is 0. The summed E-state index contributed by atoms with van der Waals surface area (Å²) in [5.41, 5.74) is 0. The third-order valence-corrected chi connectivity index (χ3v) is 6.33. The predicted octanol–water partition coefficient (Wildman–Crippen LogP) is -5.97. The van der Waals surface area contributed by atoms with Crippen LogP contribution >= 0.6 is 0 Å². The fourth-order valence-corrected chi connectivity index (χ4v) is 4.17. The molecule has 0 radical (unpaired) electrons. The van der Waals surface area contributed by atoms with Gasteiger partial charge in [-0.25, -0.2) is 0 Å². The second-order valence-corrected chi connectivity index (χ2v) is 8.94. The van der Waals surface area contributed by atoms with Crippen LogP contribution in [0, 0.1) is 0 Å². The van der Waals surface area contributed by atoms with E-state index in [2.05, 4.69) is 0 Å². The standard InChI is InChI=1S/C20H34O16/c1-5-9(23)11(25)15(29)19(32-5)36-17-12(26)10(24)8(4-31-6(2)22)34-20(17)35-16-7(3-21)33-18(30)14(28)13(16)27/h5,7-21,23-30H,3-4H2,1-2H3/t5-,7?,8+,9+,10-,11+,12-,13+,14+,15-,16+,17+,18?,19-,20-/m0/s1. The van der Waals surface area contributed by atoms with E-state index in [0.717, 1.165) is 6.92 Å². The van der Waals surface area contributed by atoms with Gasteiger partial charge in [0.2, 0.25) is 0 Å². The van der Waals surface area contributed by atoms with E-state index in [0.29, 0.717) is 0 Å². The highest BCUT2D eigenvalue weighted by atomic mass is 16.8. The van der Waals surface area contributed by atoms with E-state index in [1.807, 2.05) is 0 Å². The topological polar surface area (TPSA) is 255 Å². The van der Waals surface area contributed by atoms with Crippen LogP contribution in [-0.4, -0.2) is 157 Å². The lowest BCUT2D eigenvalue weighted by Crippen LogP contribution is -2.66. The average Bonchev–Trinajstić information content (AvgIpc) is 2.84. The van der Waals surface area contributed by atoms with Crippen molar-refractivity contribution < 1.29 is 79.2 Å². The Morgan fingerprint density at radius 2 is 1.31 bits per heavy atom. The maximum Gasteiger partial charge on any atom is 0.302 e. The Kier molecular flexibility index (Phi) is 9.97. The number of carbonyl (C=O) groups excluding carboxylic acids is 1. The van der Waals surface area contributed by atoms with Crippen LogP contribution in [0.1, 0.15) is 13.8 Å². The minimum atomic E-state index is -1.85. The van der Waals surface area contributed by atoms with Gasteiger partial charge in [0.25, 0.3) is 0 Å². The Morgan fingerprint density at radius 1 is 0.694 bits per heavy atom. The van der Waals surface area contributed by atoms with E-state index in [4.69, 9.17) is 28.4 Å². The first-order chi connectivity index (χ1) is 16.9. The van der Waals surface area contributed by atoms with Crippen LogP contribution in [0.25, 0.3) is 0 Å². The summed E-state index contributed by atoms with van der Waals surface area (Å²) in [5.74, 6) is -0.718. The molecule has 16 nitrogen and oxygen atoms in total. The Balaban J connectivity index is 1.86. The lowest BCUT2D eigenvalue weighted by atomic mass is 9.96. The smallest absolute Gasteiger partial charge is 0.302 e. The molecule has 3 aliphatic rings. The van der Waals surface area contributed by atoms with Crippen LogP contribution in [0.15, 0.2) is 0 Å². The van der Waals surface area contributed by atoms with Gasteiger partial charge in [0.15, 0.2) is 18.9 Å². The molecule has 3 aliphatic heterocycles. The van der Waals surface area contributed by atoms with Gasteiger partial charge in [-0.15, -0.1) is 0 Å². The Hall–Kier alpha value is -1.09. The molecule has 2 unspecified atom stereocenters. The van der Waals surface area contributed by atoms with E-state index in [-0.39, 0.29) is 0 Å². The number of aliphatic hydroxyl groups is 9. The normalized spacial score (nSPS) is 50.0. The molecule has 9 N–H and O–H groups in total. The average molecular weight is 530 g/mol. The molecular formula is C20H34O16. The molecule has 210 valence electrons. The maximum absolute atomic E-state index is 11.2. The lowest BCUT2D eigenvalue weighted by Gasteiger charge is -2.48. The predicted molar refractivity (Wildman–Crippen MR) is 109 cm³/mol. The Morgan fingerprint density at radius 3 is 1.92 bits per heavy atom. The molecule has 0 aromatic heterocycles. The van der Waals surface area contributed by atoms with Crippen molar-refractivity contribution in [2.75, 3.05) is 13.2 Å². The van der Waals surface area contributed by atoms with Gasteiger partial charge in [-0.05, 0) is 6.92 Å². The number of ether oxygens (including phenoxy) is 6. The number of hydrogen-bond donors (Lipinski definition) is 9. The summed E-state index contributed by atoms with van der Waals surface area (Å²) in [4.78, 5) is 11.2. The van der Waals surface area contributed by atoms with E-state index >= 15 is 0 Å². The summed E-state index contributed by atoms with van der Waals surface area (Å²) in [6, 6.07) is 0. The summed E-state index contributed by atoms with van der Waals surface area (Å²) in [5, 5.41) is 91.3. The molecule has 0 aromatic rings. The second-order valence-electron chi connectivity index (χ2n) is 8.94. The van der Waals surface area contributed by atoms with Crippen LogP contribution in [-0.2, 0) is 33.2 Å². The molecule has 15 atom stereocenters. The zero-order chi connectivity index (χ0) is 26.9. The van der Waals surface area contributed by atoms with Gasteiger partial charge in [-0.2, -0.15) is 0 Å². The van der Waals surface area contributed by atoms with Gasteiger partial charge >= 0.3 is 5.97 Å². The molecule has 3 saturated heterocycles. The molecule has 0 aliphatic carbocycles. The summed E-state index contributed by atoms with van der Waals surface area (Å²) in [7, 11) is 0. The monoisotopic (exact) mass is 530 g/mol. The zero-order valence-electron chi connectivity index (χ0n) is 19.5. The largest absolute Gasteiger partial charge is 0.463 e. The van der Waals surface area contributed by atoms with Gasteiger partial charge < -0.3 is 74.4 Å². The maximum atomic E-state index is 11.2. The van der Waals surface area contributed by atoms with Gasteiger partial charge in [0.1, 0.15) is 73.8 Å². The summed E-state index contributed by atoms with van der Waals surface area (Å²) in [6.45, 7) is 1.18. The molecular weight excluding hydrogens is 496 g/mol. The van der Waals surface area contributed by atoms with Crippen molar-refractivity contribution >= 4 is 5.97 Å². The van der Waals surface area contributed by atoms with Crippen molar-refractivity contribution in [1.82, 2.24) is 0 Å². The fraction of sp³-hybridized carbons (Fsp3) is 0.950. The van der Waals surface area contributed by atoms with Crippen molar-refractivity contribution in [3.8, 4) is 0 Å². The number of rotatable bonds is 7. The molecule has 0 amide bonds. The van der Waals surface area contributed by atoms with Crippen LogP contribution in [0.2, 0.25) is 0 Å². The highest BCUT2D eigenvalue weighted by molar-refractivity contribution is 5.65. The van der Waals surface area contributed by atoms with Crippen molar-refractivity contribution in [2.24, 2.45) is 0 Å². The molecule has 36 heavy (non-hydrogen) atoms. The van der Waals surface area contributed by atoms with Gasteiger partial charge in [0, 0.05) is 6.92 Å². The molecule has 3 fully saturated rings. The summed E-state index contributed by atoms with van der Waals surface area (Å²) in [6.07, 6.45) is -24.5. The Bertz CT molecular complexity index is 724. The van der Waals surface area contributed by atoms with Crippen LogP contribution in [0.4, 0.5) is 0 Å². The third kappa shape index (κ3) is 6.13. The highest BCUT2D eigenvalue weighted by Gasteiger charge is 2.53. The van der Waals surface area contributed by atoms with Crippen molar-refractivity contribution in [2.45, 2.75) is 106 Å². The van der Waals surface area contributed by atoms with Crippen LogP contribution < -0.4 is 0 Å². The highest BCUT2D eigenvalue weighted by Crippen LogP contribution is 2.32. The molecule has 3 rings (SSSR count). The first kappa shape index (κ1) is 29.5. The number of esters is 1. The first-order valence-electron chi connectivity index (χ1n) is 11.3. The molecule has 0 spiro atoms. The number of hydrogen-bond acceptors (Lipinski definition) is 16. The molecule has 0 bridgehead atoms. The van der Waals surface area contributed by atoms with Crippen molar-refractivity contribution in [3.63, 3.8) is 0 Å². The minimum Gasteiger partial charge on any atom is -0.463 e. The molecule has 16 heteroatoms.